The van der Waals surface area contributed by atoms with Crippen molar-refractivity contribution in [1.82, 2.24) is 9.97 Å². The van der Waals surface area contributed by atoms with E-state index in [0.29, 0.717) is 25.5 Å². The predicted octanol–water partition coefficient (Wildman–Crippen LogP) is 0.751. The van der Waals surface area contributed by atoms with Crippen molar-refractivity contribution in [3.8, 4) is 5.75 Å². The summed E-state index contributed by atoms with van der Waals surface area (Å²) in [7, 11) is 0. The fraction of sp³-hybridized carbons (Fsp3) is 0.231. The van der Waals surface area contributed by atoms with Gasteiger partial charge in [-0.2, -0.15) is 0 Å². The Morgan fingerprint density at radius 3 is 3.11 bits per heavy atom. The van der Waals surface area contributed by atoms with E-state index >= 15 is 0 Å². The Morgan fingerprint density at radius 1 is 1.37 bits per heavy atom. The lowest BCUT2D eigenvalue weighted by Gasteiger charge is -2.21. The molecule has 1 aliphatic heterocycles. The van der Waals surface area contributed by atoms with E-state index in [1.807, 2.05) is 29.2 Å². The number of anilines is 2. The van der Waals surface area contributed by atoms with Crippen molar-refractivity contribution >= 4 is 11.5 Å². The molecule has 0 fully saturated rings. The highest BCUT2D eigenvalue weighted by Gasteiger charge is 2.19. The maximum Gasteiger partial charge on any atom is 0.276 e. The number of benzene rings is 1. The fourth-order valence-electron chi connectivity index (χ4n) is 2.16. The van der Waals surface area contributed by atoms with Crippen molar-refractivity contribution in [3.63, 3.8) is 0 Å². The van der Waals surface area contributed by atoms with Crippen LogP contribution in [0.4, 0.5) is 11.5 Å². The number of nitrogen functional groups attached to an aromatic ring is 1. The molecule has 3 rings (SSSR count). The van der Waals surface area contributed by atoms with Crippen LogP contribution < -0.4 is 20.9 Å². The lowest BCUT2D eigenvalue weighted by molar-refractivity contribution is 0.331. The molecule has 2 aromatic rings. The van der Waals surface area contributed by atoms with Gasteiger partial charge in [0.15, 0.2) is 5.82 Å². The average molecular weight is 258 g/mol. The number of rotatable bonds is 1. The van der Waals surface area contributed by atoms with Gasteiger partial charge in [-0.05, 0) is 6.07 Å². The first-order chi connectivity index (χ1) is 9.25. The minimum absolute atomic E-state index is 0.141. The van der Waals surface area contributed by atoms with Crippen LogP contribution in [-0.4, -0.2) is 23.1 Å². The molecule has 19 heavy (non-hydrogen) atoms. The number of nitrogens with zero attached hydrogens (tertiary/aromatic N) is 2. The van der Waals surface area contributed by atoms with Crippen LogP contribution in [0.3, 0.4) is 0 Å². The SMILES string of the molecule is Nc1c(N2CCOc3ccccc3C2)nc[nH]c1=O. The molecule has 0 atom stereocenters. The number of para-hydroxylation sites is 1. The van der Waals surface area contributed by atoms with Gasteiger partial charge in [-0.25, -0.2) is 4.98 Å². The van der Waals surface area contributed by atoms with Crippen LogP contribution in [-0.2, 0) is 6.54 Å². The molecule has 0 saturated heterocycles. The van der Waals surface area contributed by atoms with E-state index in [1.54, 1.807) is 0 Å². The zero-order valence-electron chi connectivity index (χ0n) is 10.3. The molecule has 0 saturated carbocycles. The van der Waals surface area contributed by atoms with E-state index < -0.39 is 0 Å². The number of ether oxygens (including phenoxy) is 1. The Hall–Kier alpha value is -2.50. The minimum Gasteiger partial charge on any atom is -0.491 e. The van der Waals surface area contributed by atoms with Crippen LogP contribution in [0.25, 0.3) is 0 Å². The third-order valence-electron chi connectivity index (χ3n) is 3.12. The topological polar surface area (TPSA) is 84.2 Å². The first-order valence-corrected chi connectivity index (χ1v) is 6.04. The van der Waals surface area contributed by atoms with E-state index in [0.717, 1.165) is 11.3 Å². The Morgan fingerprint density at radius 2 is 2.21 bits per heavy atom. The predicted molar refractivity (Wildman–Crippen MR) is 72.3 cm³/mol. The van der Waals surface area contributed by atoms with Crippen LogP contribution in [0.15, 0.2) is 35.4 Å². The standard InChI is InChI=1S/C13H14N4O2/c14-11-12(15-8-16-13(11)18)17-5-6-19-10-4-2-1-3-9(10)7-17/h1-4,8H,5-7,14H2,(H,15,16,18). The Bertz CT molecular complexity index is 653. The molecule has 6 nitrogen and oxygen atoms in total. The number of nitrogens with one attached hydrogen (secondary N) is 1. The molecule has 0 unspecified atom stereocenters. The number of fused-ring (bicyclic) bond motifs is 1. The summed E-state index contributed by atoms with van der Waals surface area (Å²) in [6.07, 6.45) is 1.37. The first kappa shape index (κ1) is 11.6. The molecule has 1 aromatic carbocycles. The minimum atomic E-state index is -0.316. The lowest BCUT2D eigenvalue weighted by Crippen LogP contribution is -2.29. The van der Waals surface area contributed by atoms with Gasteiger partial charge in [0, 0.05) is 12.1 Å². The lowest BCUT2D eigenvalue weighted by atomic mass is 10.2. The summed E-state index contributed by atoms with van der Waals surface area (Å²) in [5, 5.41) is 0. The smallest absolute Gasteiger partial charge is 0.276 e. The van der Waals surface area contributed by atoms with E-state index in [1.165, 1.54) is 6.33 Å². The zero-order valence-corrected chi connectivity index (χ0v) is 10.3. The third kappa shape index (κ3) is 2.12. The molecule has 0 amide bonds. The molecule has 1 aromatic heterocycles. The Labute approximate surface area is 109 Å². The number of hydrogen-bond donors (Lipinski definition) is 2. The highest BCUT2D eigenvalue weighted by Crippen LogP contribution is 2.26. The highest BCUT2D eigenvalue weighted by molar-refractivity contribution is 5.61. The average Bonchev–Trinajstić information content (AvgIpc) is 2.64. The van der Waals surface area contributed by atoms with Gasteiger partial charge in [0.05, 0.1) is 12.9 Å². The quantitative estimate of drug-likeness (QED) is 0.788. The number of aromatic nitrogens is 2. The second-order valence-electron chi connectivity index (χ2n) is 4.35. The summed E-state index contributed by atoms with van der Waals surface area (Å²) in [4.78, 5) is 20.1. The van der Waals surface area contributed by atoms with Gasteiger partial charge in [0.2, 0.25) is 0 Å². The van der Waals surface area contributed by atoms with Crippen molar-refractivity contribution < 1.29 is 4.74 Å². The molecular formula is C13H14N4O2. The first-order valence-electron chi connectivity index (χ1n) is 6.04. The van der Waals surface area contributed by atoms with Gasteiger partial charge in [-0.3, -0.25) is 4.79 Å². The number of aromatic amines is 1. The van der Waals surface area contributed by atoms with Crippen LogP contribution in [0.5, 0.6) is 5.75 Å². The number of nitrogens with two attached hydrogens (primary N) is 1. The van der Waals surface area contributed by atoms with Crippen molar-refractivity contribution in [2.45, 2.75) is 6.54 Å². The van der Waals surface area contributed by atoms with Crippen molar-refractivity contribution in [2.75, 3.05) is 23.8 Å². The Kier molecular flexibility index (Phi) is 2.83. The third-order valence-corrected chi connectivity index (χ3v) is 3.12. The van der Waals surface area contributed by atoms with E-state index in [2.05, 4.69) is 9.97 Å². The molecule has 1 aliphatic rings. The van der Waals surface area contributed by atoms with Crippen molar-refractivity contribution in [3.05, 3.63) is 46.5 Å². The van der Waals surface area contributed by atoms with E-state index in [4.69, 9.17) is 10.5 Å². The fourth-order valence-corrected chi connectivity index (χ4v) is 2.16. The molecule has 0 aliphatic carbocycles. The second-order valence-corrected chi connectivity index (χ2v) is 4.35. The molecule has 98 valence electrons. The molecule has 6 heteroatoms. The molecule has 3 N–H and O–H groups in total. The van der Waals surface area contributed by atoms with Crippen LogP contribution in [0.1, 0.15) is 5.56 Å². The van der Waals surface area contributed by atoms with Gasteiger partial charge in [0.1, 0.15) is 18.0 Å². The molecule has 0 spiro atoms. The monoisotopic (exact) mass is 258 g/mol. The van der Waals surface area contributed by atoms with Gasteiger partial charge in [-0.1, -0.05) is 18.2 Å². The summed E-state index contributed by atoms with van der Waals surface area (Å²) in [5.74, 6) is 1.37. The normalized spacial score (nSPS) is 14.4. The largest absolute Gasteiger partial charge is 0.491 e. The summed E-state index contributed by atoms with van der Waals surface area (Å²) in [5.41, 5.74) is 6.68. The van der Waals surface area contributed by atoms with E-state index in [-0.39, 0.29) is 11.2 Å². The van der Waals surface area contributed by atoms with Crippen molar-refractivity contribution in [1.29, 1.82) is 0 Å². The summed E-state index contributed by atoms with van der Waals surface area (Å²) in [6.45, 7) is 1.79. The Balaban J connectivity index is 1.99. The zero-order chi connectivity index (χ0) is 13.2. The maximum atomic E-state index is 11.5. The van der Waals surface area contributed by atoms with Gasteiger partial charge < -0.3 is 20.4 Å². The second kappa shape index (κ2) is 4.64. The van der Waals surface area contributed by atoms with Gasteiger partial charge in [-0.15, -0.1) is 0 Å². The van der Waals surface area contributed by atoms with Crippen LogP contribution in [0, 0.1) is 0 Å². The van der Waals surface area contributed by atoms with E-state index in [9.17, 15) is 4.79 Å². The van der Waals surface area contributed by atoms with Crippen LogP contribution in [0.2, 0.25) is 0 Å². The summed E-state index contributed by atoms with van der Waals surface area (Å²) < 4.78 is 5.67. The van der Waals surface area contributed by atoms with Gasteiger partial charge in [0.25, 0.3) is 5.56 Å². The highest BCUT2D eigenvalue weighted by atomic mass is 16.5. The molecular weight excluding hydrogens is 244 g/mol. The van der Waals surface area contributed by atoms with Gasteiger partial charge >= 0.3 is 0 Å². The maximum absolute atomic E-state index is 11.5. The summed E-state index contributed by atoms with van der Waals surface area (Å²) in [6, 6.07) is 7.83. The number of H-pyrrole nitrogens is 1. The van der Waals surface area contributed by atoms with Crippen molar-refractivity contribution in [2.24, 2.45) is 0 Å². The summed E-state index contributed by atoms with van der Waals surface area (Å²) >= 11 is 0. The molecule has 2 heterocycles. The number of hydrogen-bond acceptors (Lipinski definition) is 5. The molecule has 0 bridgehead atoms. The van der Waals surface area contributed by atoms with Crippen LogP contribution >= 0.6 is 0 Å². The molecule has 0 radical (unpaired) electrons.